The number of likely N-dealkylation sites (N-methyl/N-ethyl adjacent to an activating group) is 2. The van der Waals surface area contributed by atoms with Crippen molar-refractivity contribution in [3.8, 4) is 0 Å². The van der Waals surface area contributed by atoms with Crippen molar-refractivity contribution in [2.24, 2.45) is 0 Å². The molecule has 1 aromatic heterocycles. The number of nitrogens with zero attached hydrogens (tertiary/aromatic N) is 3. The van der Waals surface area contributed by atoms with Crippen LogP contribution in [0.1, 0.15) is 5.56 Å². The minimum absolute atomic E-state index is 0.0382. The standard InChI is InChI=1S/C13H19N3O4S/c1-15(2)6-7-16(3)21(19,20)12-8-11(9-14-10-12)4-5-13(17)18/h4-5,8-10H,6-7H2,1-3H3,(H,17,18). The minimum atomic E-state index is -3.63. The van der Waals surface area contributed by atoms with Crippen molar-refractivity contribution < 1.29 is 18.3 Å². The molecule has 7 nitrogen and oxygen atoms in total. The summed E-state index contributed by atoms with van der Waals surface area (Å²) in [4.78, 5) is 16.2. The van der Waals surface area contributed by atoms with E-state index in [1.54, 1.807) is 0 Å². The molecule has 0 saturated heterocycles. The lowest BCUT2D eigenvalue weighted by atomic mass is 10.2. The molecule has 0 atom stereocenters. The maximum atomic E-state index is 12.4. The molecule has 1 rings (SSSR count). The molecule has 0 saturated carbocycles. The Morgan fingerprint density at radius 2 is 1.95 bits per heavy atom. The summed E-state index contributed by atoms with van der Waals surface area (Å²) in [7, 11) is 1.59. The van der Waals surface area contributed by atoms with Crippen LogP contribution in [-0.2, 0) is 14.8 Å². The van der Waals surface area contributed by atoms with E-state index < -0.39 is 16.0 Å². The van der Waals surface area contributed by atoms with Gasteiger partial charge in [0, 0.05) is 38.6 Å². The topological polar surface area (TPSA) is 90.8 Å². The van der Waals surface area contributed by atoms with Gasteiger partial charge in [0.2, 0.25) is 10.0 Å². The van der Waals surface area contributed by atoms with Gasteiger partial charge < -0.3 is 10.0 Å². The molecule has 0 radical (unpaired) electrons. The molecular formula is C13H19N3O4S. The lowest BCUT2D eigenvalue weighted by Crippen LogP contribution is -2.33. The van der Waals surface area contributed by atoms with Gasteiger partial charge in [0.1, 0.15) is 4.90 Å². The van der Waals surface area contributed by atoms with Gasteiger partial charge in [0.15, 0.2) is 0 Å². The van der Waals surface area contributed by atoms with Crippen molar-refractivity contribution in [1.82, 2.24) is 14.2 Å². The summed E-state index contributed by atoms with van der Waals surface area (Å²) >= 11 is 0. The smallest absolute Gasteiger partial charge is 0.328 e. The van der Waals surface area contributed by atoms with Gasteiger partial charge >= 0.3 is 5.97 Å². The Labute approximate surface area is 124 Å². The van der Waals surface area contributed by atoms with Crippen LogP contribution in [0, 0.1) is 0 Å². The third-order valence-electron chi connectivity index (χ3n) is 2.72. The van der Waals surface area contributed by atoms with Crippen LogP contribution in [0.2, 0.25) is 0 Å². The molecular weight excluding hydrogens is 294 g/mol. The van der Waals surface area contributed by atoms with E-state index in [0.717, 1.165) is 6.08 Å². The molecule has 1 aromatic rings. The second-order valence-electron chi connectivity index (χ2n) is 4.76. The maximum absolute atomic E-state index is 12.4. The first-order valence-electron chi connectivity index (χ1n) is 6.20. The molecule has 1 N–H and O–H groups in total. The SMILES string of the molecule is CN(C)CCN(C)S(=O)(=O)c1cncc(C=CC(=O)O)c1. The van der Waals surface area contributed by atoms with Crippen LogP contribution in [0.3, 0.4) is 0 Å². The Kier molecular flexibility index (Phi) is 6.01. The highest BCUT2D eigenvalue weighted by Gasteiger charge is 2.21. The number of rotatable bonds is 7. The summed E-state index contributed by atoms with van der Waals surface area (Å²) in [5.74, 6) is -1.11. The van der Waals surface area contributed by atoms with Gasteiger partial charge in [-0.2, -0.15) is 4.31 Å². The van der Waals surface area contributed by atoms with Crippen LogP contribution in [-0.4, -0.2) is 67.9 Å². The molecule has 0 fully saturated rings. The normalized spacial score (nSPS) is 12.4. The van der Waals surface area contributed by atoms with Crippen molar-refractivity contribution in [3.63, 3.8) is 0 Å². The molecule has 8 heteroatoms. The molecule has 0 bridgehead atoms. The zero-order chi connectivity index (χ0) is 16.0. The first-order valence-corrected chi connectivity index (χ1v) is 7.64. The molecule has 0 amide bonds. The number of aliphatic carboxylic acids is 1. The van der Waals surface area contributed by atoms with Crippen molar-refractivity contribution >= 4 is 22.1 Å². The Hall–Kier alpha value is -1.77. The van der Waals surface area contributed by atoms with Gasteiger partial charge in [-0.3, -0.25) is 4.98 Å². The lowest BCUT2D eigenvalue weighted by molar-refractivity contribution is -0.131. The highest BCUT2D eigenvalue weighted by atomic mass is 32.2. The fourth-order valence-corrected chi connectivity index (χ4v) is 2.64. The monoisotopic (exact) mass is 313 g/mol. The molecule has 116 valence electrons. The van der Waals surface area contributed by atoms with Gasteiger partial charge in [-0.15, -0.1) is 0 Å². The number of sulfonamides is 1. The van der Waals surface area contributed by atoms with Crippen LogP contribution in [0.25, 0.3) is 6.08 Å². The van der Waals surface area contributed by atoms with Gasteiger partial charge in [0.05, 0.1) is 0 Å². The zero-order valence-electron chi connectivity index (χ0n) is 12.2. The number of pyridine rings is 1. The summed E-state index contributed by atoms with van der Waals surface area (Å²) in [5, 5.41) is 8.58. The summed E-state index contributed by atoms with van der Waals surface area (Å²) in [6.45, 7) is 0.951. The van der Waals surface area contributed by atoms with Crippen LogP contribution in [0.15, 0.2) is 29.4 Å². The molecule has 0 aliphatic carbocycles. The van der Waals surface area contributed by atoms with Crippen LogP contribution in [0.4, 0.5) is 0 Å². The molecule has 1 heterocycles. The highest BCUT2D eigenvalue weighted by Crippen LogP contribution is 2.15. The Morgan fingerprint density at radius 3 is 2.52 bits per heavy atom. The van der Waals surface area contributed by atoms with Crippen LogP contribution < -0.4 is 0 Å². The molecule has 0 aliphatic rings. The lowest BCUT2D eigenvalue weighted by Gasteiger charge is -2.19. The first kappa shape index (κ1) is 17.3. The largest absolute Gasteiger partial charge is 0.478 e. The van der Waals surface area contributed by atoms with E-state index in [1.807, 2.05) is 19.0 Å². The number of carbonyl (C=O) groups is 1. The quantitative estimate of drug-likeness (QED) is 0.731. The van der Waals surface area contributed by atoms with Gasteiger partial charge in [-0.1, -0.05) is 0 Å². The third kappa shape index (κ3) is 5.25. The van der Waals surface area contributed by atoms with E-state index in [4.69, 9.17) is 5.11 Å². The number of carboxylic acid groups (broad SMARTS) is 1. The molecule has 0 unspecified atom stereocenters. The number of carboxylic acids is 1. The van der Waals surface area contributed by atoms with E-state index >= 15 is 0 Å². The van der Waals surface area contributed by atoms with Gasteiger partial charge in [-0.05, 0) is 31.8 Å². The summed E-state index contributed by atoms with van der Waals surface area (Å²) in [6, 6.07) is 1.40. The number of hydrogen-bond acceptors (Lipinski definition) is 5. The molecule has 21 heavy (non-hydrogen) atoms. The minimum Gasteiger partial charge on any atom is -0.478 e. The molecule has 0 aliphatic heterocycles. The summed E-state index contributed by atoms with van der Waals surface area (Å²) in [5.41, 5.74) is 0.416. The van der Waals surface area contributed by atoms with Crippen molar-refractivity contribution in [3.05, 3.63) is 30.1 Å². The average Bonchev–Trinajstić information content (AvgIpc) is 2.42. The van der Waals surface area contributed by atoms with E-state index in [-0.39, 0.29) is 4.90 Å². The highest BCUT2D eigenvalue weighted by molar-refractivity contribution is 7.89. The van der Waals surface area contributed by atoms with Gasteiger partial charge in [-0.25, -0.2) is 13.2 Å². The maximum Gasteiger partial charge on any atom is 0.328 e. The Morgan fingerprint density at radius 1 is 1.29 bits per heavy atom. The van der Waals surface area contributed by atoms with E-state index in [0.29, 0.717) is 18.7 Å². The third-order valence-corrected chi connectivity index (χ3v) is 4.55. The van der Waals surface area contributed by atoms with Gasteiger partial charge in [0.25, 0.3) is 0 Å². The van der Waals surface area contributed by atoms with Crippen LogP contribution in [0.5, 0.6) is 0 Å². The van der Waals surface area contributed by atoms with Crippen molar-refractivity contribution in [1.29, 1.82) is 0 Å². The van der Waals surface area contributed by atoms with Crippen molar-refractivity contribution in [2.75, 3.05) is 34.2 Å². The number of aromatic nitrogens is 1. The van der Waals surface area contributed by atoms with E-state index in [1.165, 1.54) is 35.9 Å². The van der Waals surface area contributed by atoms with Crippen LogP contribution >= 0.6 is 0 Å². The molecule has 0 spiro atoms. The fraction of sp³-hybridized carbons (Fsp3) is 0.385. The number of hydrogen-bond donors (Lipinski definition) is 1. The van der Waals surface area contributed by atoms with Crippen molar-refractivity contribution in [2.45, 2.75) is 4.90 Å². The second-order valence-corrected chi connectivity index (χ2v) is 6.80. The summed E-state index contributed by atoms with van der Waals surface area (Å²) < 4.78 is 26.0. The van der Waals surface area contributed by atoms with E-state index in [2.05, 4.69) is 4.98 Å². The Balaban J connectivity index is 2.98. The fourth-order valence-electron chi connectivity index (χ4n) is 1.48. The second kappa shape index (κ2) is 7.30. The van der Waals surface area contributed by atoms with E-state index in [9.17, 15) is 13.2 Å². The average molecular weight is 313 g/mol. The molecule has 0 aromatic carbocycles. The predicted molar refractivity (Wildman–Crippen MR) is 79.3 cm³/mol. The predicted octanol–water partition coefficient (Wildman–Crippen LogP) is 0.362. The summed E-state index contributed by atoms with van der Waals surface area (Å²) in [6.07, 6.45) is 4.88. The first-order chi connectivity index (χ1) is 9.73. The Bertz CT molecular complexity index is 626. The zero-order valence-corrected chi connectivity index (χ0v) is 13.0.